The van der Waals surface area contributed by atoms with Gasteiger partial charge in [0.25, 0.3) is 5.91 Å². The fourth-order valence-electron chi connectivity index (χ4n) is 2.65. The van der Waals surface area contributed by atoms with Crippen LogP contribution in [0.3, 0.4) is 0 Å². The molecule has 0 saturated heterocycles. The lowest BCUT2D eigenvalue weighted by Gasteiger charge is -2.13. The van der Waals surface area contributed by atoms with E-state index in [0.29, 0.717) is 23.7 Å². The van der Waals surface area contributed by atoms with Gasteiger partial charge < -0.3 is 16.4 Å². The molecule has 0 spiro atoms. The smallest absolute Gasteiger partial charge is 0.251 e. The van der Waals surface area contributed by atoms with Crippen molar-refractivity contribution in [2.24, 2.45) is 5.73 Å². The van der Waals surface area contributed by atoms with E-state index >= 15 is 0 Å². The van der Waals surface area contributed by atoms with E-state index in [1.165, 1.54) is 12.8 Å². The maximum atomic E-state index is 12.1. The molecule has 1 aliphatic rings. The molecule has 0 radical (unpaired) electrons. The van der Waals surface area contributed by atoms with Crippen LogP contribution in [-0.2, 0) is 4.79 Å². The van der Waals surface area contributed by atoms with E-state index < -0.39 is 6.04 Å². The van der Waals surface area contributed by atoms with Crippen LogP contribution in [0.25, 0.3) is 0 Å². The lowest BCUT2D eigenvalue weighted by molar-refractivity contribution is -0.117. The molecule has 1 fully saturated rings. The molecule has 5 nitrogen and oxygen atoms in total. The van der Waals surface area contributed by atoms with Gasteiger partial charge in [-0.1, -0.05) is 12.8 Å². The summed E-state index contributed by atoms with van der Waals surface area (Å²) in [5.74, 6) is 0.614. The number of nitrogens with one attached hydrogen (secondary N) is 2. The lowest BCUT2D eigenvalue weighted by Crippen LogP contribution is -2.36. The van der Waals surface area contributed by atoms with Crippen molar-refractivity contribution in [2.45, 2.75) is 44.2 Å². The Labute approximate surface area is 153 Å². The van der Waals surface area contributed by atoms with E-state index in [0.717, 1.165) is 18.6 Å². The van der Waals surface area contributed by atoms with Crippen LogP contribution < -0.4 is 16.4 Å². The molecule has 1 aromatic rings. The highest BCUT2D eigenvalue weighted by molar-refractivity contribution is 7.98. The lowest BCUT2D eigenvalue weighted by atomic mass is 10.1. The zero-order valence-electron chi connectivity index (χ0n) is 13.9. The second-order valence-electron chi connectivity index (χ2n) is 5.91. The molecule has 1 saturated carbocycles. The topological polar surface area (TPSA) is 84.2 Å². The average Bonchev–Trinajstić information content (AvgIpc) is 3.06. The van der Waals surface area contributed by atoms with E-state index in [4.69, 9.17) is 5.73 Å². The Balaban J connectivity index is 0.00000288. The second kappa shape index (κ2) is 10.6. The Morgan fingerprint density at radius 3 is 2.46 bits per heavy atom. The normalized spacial score (nSPS) is 15.4. The first-order chi connectivity index (χ1) is 11.1. The summed E-state index contributed by atoms with van der Waals surface area (Å²) in [5, 5.41) is 5.83. The van der Waals surface area contributed by atoms with Gasteiger partial charge in [-0.25, -0.2) is 0 Å². The van der Waals surface area contributed by atoms with E-state index in [-0.39, 0.29) is 24.2 Å². The number of amides is 2. The average molecular weight is 372 g/mol. The third-order valence-corrected chi connectivity index (χ3v) is 4.72. The van der Waals surface area contributed by atoms with Gasteiger partial charge in [0.1, 0.15) is 0 Å². The van der Waals surface area contributed by atoms with Crippen LogP contribution in [0.5, 0.6) is 0 Å². The number of nitrogens with two attached hydrogens (primary N) is 1. The summed E-state index contributed by atoms with van der Waals surface area (Å²) in [6.45, 7) is 0. The van der Waals surface area contributed by atoms with Gasteiger partial charge in [0.05, 0.1) is 6.04 Å². The SMILES string of the molecule is CSCC[C@H](N)C(=O)Nc1ccc(C(=O)NC2CCCC2)cc1.Cl. The van der Waals surface area contributed by atoms with Crippen molar-refractivity contribution in [3.8, 4) is 0 Å². The third-order valence-electron chi connectivity index (χ3n) is 4.07. The molecule has 0 aromatic heterocycles. The Bertz CT molecular complexity index is 533. The van der Waals surface area contributed by atoms with Crippen LogP contribution >= 0.6 is 24.2 Å². The largest absolute Gasteiger partial charge is 0.349 e. The van der Waals surface area contributed by atoms with E-state index in [9.17, 15) is 9.59 Å². The minimum absolute atomic E-state index is 0. The monoisotopic (exact) mass is 371 g/mol. The van der Waals surface area contributed by atoms with Gasteiger partial charge in [-0.05, 0) is 55.5 Å². The van der Waals surface area contributed by atoms with Gasteiger partial charge >= 0.3 is 0 Å². The third kappa shape index (κ3) is 6.34. The molecular formula is C17H26ClN3O2S. The predicted molar refractivity (Wildman–Crippen MR) is 103 cm³/mol. The van der Waals surface area contributed by atoms with Crippen molar-refractivity contribution in [3.05, 3.63) is 29.8 Å². The predicted octanol–water partition coefficient (Wildman–Crippen LogP) is 2.80. The summed E-state index contributed by atoms with van der Waals surface area (Å²) >= 11 is 1.67. The number of rotatable bonds is 7. The fraction of sp³-hybridized carbons (Fsp3) is 0.529. The maximum Gasteiger partial charge on any atom is 0.251 e. The van der Waals surface area contributed by atoms with Gasteiger partial charge in [-0.3, -0.25) is 9.59 Å². The van der Waals surface area contributed by atoms with Crippen molar-refractivity contribution in [2.75, 3.05) is 17.3 Å². The number of halogens is 1. The van der Waals surface area contributed by atoms with Crippen LogP contribution in [0.4, 0.5) is 5.69 Å². The van der Waals surface area contributed by atoms with Gasteiger partial charge in [-0.15, -0.1) is 12.4 Å². The molecule has 0 unspecified atom stereocenters. The van der Waals surface area contributed by atoms with Crippen LogP contribution in [0, 0.1) is 0 Å². The van der Waals surface area contributed by atoms with Crippen molar-refractivity contribution in [1.82, 2.24) is 5.32 Å². The Hall–Kier alpha value is -1.24. The second-order valence-corrected chi connectivity index (χ2v) is 6.90. The van der Waals surface area contributed by atoms with E-state index in [2.05, 4.69) is 10.6 Å². The molecule has 2 rings (SSSR count). The molecule has 1 aromatic carbocycles. The quantitative estimate of drug-likeness (QED) is 0.688. The Morgan fingerprint density at radius 1 is 1.25 bits per heavy atom. The summed E-state index contributed by atoms with van der Waals surface area (Å²) in [4.78, 5) is 24.1. The summed E-state index contributed by atoms with van der Waals surface area (Å²) < 4.78 is 0. The van der Waals surface area contributed by atoms with Crippen molar-refractivity contribution < 1.29 is 9.59 Å². The molecule has 1 aliphatic carbocycles. The molecule has 134 valence electrons. The molecule has 0 bridgehead atoms. The first-order valence-corrected chi connectivity index (χ1v) is 9.46. The fourth-order valence-corrected chi connectivity index (χ4v) is 3.14. The molecule has 4 N–H and O–H groups in total. The molecular weight excluding hydrogens is 346 g/mol. The molecule has 2 amide bonds. The molecule has 7 heteroatoms. The summed E-state index contributed by atoms with van der Waals surface area (Å²) in [5.41, 5.74) is 7.10. The van der Waals surface area contributed by atoms with Crippen LogP contribution in [0.1, 0.15) is 42.5 Å². The molecule has 24 heavy (non-hydrogen) atoms. The minimum Gasteiger partial charge on any atom is -0.349 e. The number of anilines is 1. The molecule has 0 aliphatic heterocycles. The highest BCUT2D eigenvalue weighted by atomic mass is 35.5. The first-order valence-electron chi connectivity index (χ1n) is 8.06. The minimum atomic E-state index is -0.507. The van der Waals surface area contributed by atoms with Gasteiger partial charge in [0.15, 0.2) is 0 Å². The number of hydrogen-bond acceptors (Lipinski definition) is 4. The van der Waals surface area contributed by atoms with Gasteiger partial charge in [0.2, 0.25) is 5.91 Å². The Kier molecular flexibility index (Phi) is 9.18. The van der Waals surface area contributed by atoms with Crippen molar-refractivity contribution in [1.29, 1.82) is 0 Å². The number of hydrogen-bond donors (Lipinski definition) is 3. The van der Waals surface area contributed by atoms with Crippen molar-refractivity contribution in [3.63, 3.8) is 0 Å². The molecule has 1 atom stereocenters. The highest BCUT2D eigenvalue weighted by Gasteiger charge is 2.18. The zero-order valence-corrected chi connectivity index (χ0v) is 15.6. The Morgan fingerprint density at radius 2 is 1.88 bits per heavy atom. The van der Waals surface area contributed by atoms with E-state index in [1.807, 2.05) is 6.26 Å². The number of carbonyl (C=O) groups excluding carboxylic acids is 2. The first kappa shape index (κ1) is 20.8. The van der Waals surface area contributed by atoms with Crippen LogP contribution in [0.2, 0.25) is 0 Å². The zero-order chi connectivity index (χ0) is 16.7. The van der Waals surface area contributed by atoms with Crippen LogP contribution in [0.15, 0.2) is 24.3 Å². The summed E-state index contributed by atoms with van der Waals surface area (Å²) in [7, 11) is 0. The number of benzene rings is 1. The van der Waals surface area contributed by atoms with Crippen molar-refractivity contribution >= 4 is 41.7 Å². The van der Waals surface area contributed by atoms with Gasteiger partial charge in [-0.2, -0.15) is 11.8 Å². The number of carbonyl (C=O) groups is 2. The molecule has 0 heterocycles. The summed E-state index contributed by atoms with van der Waals surface area (Å²) in [6.07, 6.45) is 7.13. The van der Waals surface area contributed by atoms with Crippen LogP contribution in [-0.4, -0.2) is 35.9 Å². The number of thioether (sulfide) groups is 1. The van der Waals surface area contributed by atoms with E-state index in [1.54, 1.807) is 36.0 Å². The maximum absolute atomic E-state index is 12.1. The van der Waals surface area contributed by atoms with Gasteiger partial charge in [0, 0.05) is 17.3 Å². The summed E-state index contributed by atoms with van der Waals surface area (Å²) in [6, 6.07) is 6.73. The standard InChI is InChI=1S/C17H25N3O2S.ClH/c1-23-11-10-15(18)17(22)20-14-8-6-12(7-9-14)16(21)19-13-4-2-3-5-13;/h6-9,13,15H,2-5,10-11,18H2,1H3,(H,19,21)(H,20,22);1H/t15-;/m0./s1. The highest BCUT2D eigenvalue weighted by Crippen LogP contribution is 2.18.